The molecule has 0 spiro atoms. The summed E-state index contributed by atoms with van der Waals surface area (Å²) in [6.45, 7) is 4.87. The molecule has 0 heterocycles. The normalized spacial score (nSPS) is 9.56. The van der Waals surface area contributed by atoms with Gasteiger partial charge in [0.2, 0.25) is 0 Å². The molecule has 0 bridgehead atoms. The topological polar surface area (TPSA) is 20.3 Å². The zero-order valence-corrected chi connectivity index (χ0v) is 10.9. The van der Waals surface area contributed by atoms with E-state index >= 15 is 0 Å². The van der Waals surface area contributed by atoms with Crippen LogP contribution in [0.3, 0.4) is 0 Å². The summed E-state index contributed by atoms with van der Waals surface area (Å²) in [4.78, 5) is 12.7. The molecule has 0 atom stereocenters. The van der Waals surface area contributed by atoms with Crippen molar-refractivity contribution in [1.82, 2.24) is 4.90 Å². The maximum Gasteiger partial charge on any atom is 0.133 e. The second-order valence-corrected chi connectivity index (χ2v) is 4.10. The van der Waals surface area contributed by atoms with Crippen molar-refractivity contribution in [2.75, 3.05) is 20.6 Å². The third-order valence-electron chi connectivity index (χ3n) is 2.17. The van der Waals surface area contributed by atoms with Gasteiger partial charge in [0.25, 0.3) is 0 Å². The molecule has 0 amide bonds. The minimum atomic E-state index is 0.351. The van der Waals surface area contributed by atoms with Gasteiger partial charge in [-0.15, -0.1) is 0 Å². The lowest BCUT2D eigenvalue weighted by atomic mass is 10.2. The second-order valence-electron chi connectivity index (χ2n) is 4.10. The van der Waals surface area contributed by atoms with E-state index in [1.165, 1.54) is 5.56 Å². The van der Waals surface area contributed by atoms with E-state index in [2.05, 4.69) is 19.1 Å². The monoisotopic (exact) mass is 221 g/mol. The first-order valence-corrected chi connectivity index (χ1v) is 5.74. The van der Waals surface area contributed by atoms with Gasteiger partial charge in [-0.25, -0.2) is 0 Å². The maximum atomic E-state index is 10.7. The first-order valence-electron chi connectivity index (χ1n) is 5.74. The molecule has 0 aromatic heterocycles. The van der Waals surface area contributed by atoms with Crippen LogP contribution in [0.1, 0.15) is 25.3 Å². The van der Waals surface area contributed by atoms with Gasteiger partial charge < -0.3 is 4.90 Å². The fourth-order valence-electron chi connectivity index (χ4n) is 1.06. The van der Waals surface area contributed by atoms with E-state index in [0.717, 1.165) is 6.54 Å². The molecule has 1 rings (SSSR count). The third-order valence-corrected chi connectivity index (χ3v) is 2.17. The van der Waals surface area contributed by atoms with Crippen LogP contribution in [0, 0.1) is 6.92 Å². The number of nitrogens with zero attached hydrogens (tertiary/aromatic N) is 1. The van der Waals surface area contributed by atoms with Gasteiger partial charge in [0.15, 0.2) is 0 Å². The summed E-state index contributed by atoms with van der Waals surface area (Å²) >= 11 is 0. The van der Waals surface area contributed by atoms with Gasteiger partial charge in [0.1, 0.15) is 5.78 Å². The Hall–Kier alpha value is -1.15. The Kier molecular flexibility index (Phi) is 8.45. The highest BCUT2D eigenvalue weighted by molar-refractivity contribution is 5.78. The first kappa shape index (κ1) is 14.8. The molecular formula is C14H23NO. The molecule has 16 heavy (non-hydrogen) atoms. The lowest BCUT2D eigenvalue weighted by molar-refractivity contribution is -0.118. The summed E-state index contributed by atoms with van der Waals surface area (Å²) in [6.07, 6.45) is 1.37. The molecule has 0 saturated heterocycles. The Bertz CT molecular complexity index is 280. The highest BCUT2D eigenvalue weighted by Gasteiger charge is 1.97. The number of carbonyl (C=O) groups excluding carboxylic acids is 1. The molecule has 0 N–H and O–H groups in total. The van der Waals surface area contributed by atoms with E-state index in [4.69, 9.17) is 0 Å². The number of benzene rings is 1. The standard InChI is InChI=1S/C7H15NO.C7H8/c1-4-7(9)5-6-8(2)3;1-7-5-3-2-4-6-7/h4-6H2,1-3H3;2-6H,1H3. The fourth-order valence-corrected chi connectivity index (χ4v) is 1.06. The summed E-state index contributed by atoms with van der Waals surface area (Å²) in [7, 11) is 3.95. The average molecular weight is 221 g/mol. The summed E-state index contributed by atoms with van der Waals surface area (Å²) in [6, 6.07) is 10.3. The van der Waals surface area contributed by atoms with Crippen molar-refractivity contribution < 1.29 is 4.79 Å². The van der Waals surface area contributed by atoms with Crippen LogP contribution in [0.2, 0.25) is 0 Å². The quantitative estimate of drug-likeness (QED) is 0.779. The van der Waals surface area contributed by atoms with Crippen LogP contribution in [0.5, 0.6) is 0 Å². The first-order chi connectivity index (χ1) is 7.56. The molecule has 1 aromatic carbocycles. The lowest BCUT2D eigenvalue weighted by Gasteiger charge is -2.06. The largest absolute Gasteiger partial charge is 0.309 e. The third kappa shape index (κ3) is 9.41. The molecule has 90 valence electrons. The molecule has 2 nitrogen and oxygen atoms in total. The highest BCUT2D eigenvalue weighted by Crippen LogP contribution is 1.92. The van der Waals surface area contributed by atoms with Crippen molar-refractivity contribution in [2.24, 2.45) is 0 Å². The SMILES string of the molecule is CCC(=O)CCN(C)C.Cc1ccccc1. The van der Waals surface area contributed by atoms with Crippen LogP contribution < -0.4 is 0 Å². The van der Waals surface area contributed by atoms with E-state index in [-0.39, 0.29) is 0 Å². The minimum absolute atomic E-state index is 0.351. The van der Waals surface area contributed by atoms with Gasteiger partial charge in [-0.05, 0) is 21.0 Å². The van der Waals surface area contributed by atoms with Crippen molar-refractivity contribution in [3.63, 3.8) is 0 Å². The predicted molar refractivity (Wildman–Crippen MR) is 69.6 cm³/mol. The Labute approximate surface area is 99.3 Å². The Morgan fingerprint density at radius 2 is 1.75 bits per heavy atom. The number of aryl methyl sites for hydroxylation is 1. The Balaban J connectivity index is 0.000000288. The summed E-state index contributed by atoms with van der Waals surface area (Å²) in [5.74, 6) is 0.351. The van der Waals surface area contributed by atoms with E-state index < -0.39 is 0 Å². The predicted octanol–water partition coefficient (Wildman–Crippen LogP) is 2.91. The number of carbonyl (C=O) groups is 1. The van der Waals surface area contributed by atoms with Crippen molar-refractivity contribution in [3.8, 4) is 0 Å². The summed E-state index contributed by atoms with van der Waals surface area (Å²) in [5, 5.41) is 0. The van der Waals surface area contributed by atoms with Crippen LogP contribution in [0.25, 0.3) is 0 Å². The van der Waals surface area contributed by atoms with Crippen LogP contribution in [0.15, 0.2) is 30.3 Å². The van der Waals surface area contributed by atoms with Gasteiger partial charge in [-0.2, -0.15) is 0 Å². The minimum Gasteiger partial charge on any atom is -0.309 e. The van der Waals surface area contributed by atoms with Crippen molar-refractivity contribution in [1.29, 1.82) is 0 Å². The van der Waals surface area contributed by atoms with Crippen molar-refractivity contribution in [2.45, 2.75) is 26.7 Å². The zero-order chi connectivity index (χ0) is 12.4. The number of Topliss-reactive ketones (excluding diaryl/α,β-unsaturated/α-hetero) is 1. The van der Waals surface area contributed by atoms with Crippen LogP contribution in [-0.2, 0) is 4.79 Å². The molecule has 0 unspecified atom stereocenters. The molecule has 2 heteroatoms. The van der Waals surface area contributed by atoms with E-state index in [9.17, 15) is 4.79 Å². The van der Waals surface area contributed by atoms with Gasteiger partial charge in [-0.1, -0.05) is 42.8 Å². The summed E-state index contributed by atoms with van der Waals surface area (Å²) < 4.78 is 0. The van der Waals surface area contributed by atoms with Crippen LogP contribution in [0.4, 0.5) is 0 Å². The van der Waals surface area contributed by atoms with E-state index in [0.29, 0.717) is 18.6 Å². The molecule has 0 aliphatic rings. The lowest BCUT2D eigenvalue weighted by Crippen LogP contribution is -2.15. The molecule has 0 aliphatic heterocycles. The second kappa shape index (κ2) is 9.10. The Morgan fingerprint density at radius 1 is 1.19 bits per heavy atom. The molecule has 0 saturated carbocycles. The number of hydrogen-bond acceptors (Lipinski definition) is 2. The van der Waals surface area contributed by atoms with Crippen LogP contribution in [-0.4, -0.2) is 31.3 Å². The van der Waals surface area contributed by atoms with E-state index in [1.807, 2.05) is 44.1 Å². The molecule has 0 aliphatic carbocycles. The van der Waals surface area contributed by atoms with Gasteiger partial charge in [0.05, 0.1) is 0 Å². The number of ketones is 1. The van der Waals surface area contributed by atoms with Crippen molar-refractivity contribution in [3.05, 3.63) is 35.9 Å². The van der Waals surface area contributed by atoms with Gasteiger partial charge in [0, 0.05) is 19.4 Å². The van der Waals surface area contributed by atoms with E-state index in [1.54, 1.807) is 0 Å². The fraction of sp³-hybridized carbons (Fsp3) is 0.500. The molecule has 0 fully saturated rings. The van der Waals surface area contributed by atoms with Crippen LogP contribution >= 0.6 is 0 Å². The number of hydrogen-bond donors (Lipinski definition) is 0. The van der Waals surface area contributed by atoms with Crippen molar-refractivity contribution >= 4 is 5.78 Å². The van der Waals surface area contributed by atoms with Gasteiger partial charge >= 0.3 is 0 Å². The zero-order valence-electron chi connectivity index (χ0n) is 10.9. The maximum absolute atomic E-state index is 10.7. The number of rotatable bonds is 4. The molecular weight excluding hydrogens is 198 g/mol. The molecule has 1 aromatic rings. The smallest absolute Gasteiger partial charge is 0.133 e. The summed E-state index contributed by atoms with van der Waals surface area (Å²) in [5.41, 5.74) is 1.32. The molecule has 0 radical (unpaired) electrons. The highest BCUT2D eigenvalue weighted by atomic mass is 16.1. The average Bonchev–Trinajstić information content (AvgIpc) is 2.27. The van der Waals surface area contributed by atoms with Gasteiger partial charge in [-0.3, -0.25) is 4.79 Å². The Morgan fingerprint density at radius 3 is 2.06 bits per heavy atom.